The number of nitrogens with zero attached hydrogens (tertiary/aromatic N) is 1. The van der Waals surface area contributed by atoms with Gasteiger partial charge in [0, 0.05) is 6.54 Å². The summed E-state index contributed by atoms with van der Waals surface area (Å²) in [5.74, 6) is 0. The normalized spacial score (nSPS) is 32.0. The summed E-state index contributed by atoms with van der Waals surface area (Å²) in [4.78, 5) is 12.0. The highest BCUT2D eigenvalue weighted by molar-refractivity contribution is 5.48. The van der Waals surface area contributed by atoms with Crippen LogP contribution in [0.3, 0.4) is 0 Å². The second-order valence-electron chi connectivity index (χ2n) is 2.78. The highest BCUT2D eigenvalue weighted by Gasteiger charge is 2.24. The lowest BCUT2D eigenvalue weighted by Crippen LogP contribution is -2.49. The van der Waals surface area contributed by atoms with Gasteiger partial charge in [-0.15, -0.1) is 0 Å². The summed E-state index contributed by atoms with van der Waals surface area (Å²) in [7, 11) is 0. The summed E-state index contributed by atoms with van der Waals surface area (Å²) in [5, 5.41) is 8.80. The van der Waals surface area contributed by atoms with Gasteiger partial charge in [0.15, 0.2) is 0 Å². The van der Waals surface area contributed by atoms with Gasteiger partial charge < -0.3 is 14.7 Å². The number of amides is 1. The molecule has 2 unspecified atom stereocenters. The van der Waals surface area contributed by atoms with Gasteiger partial charge in [-0.1, -0.05) is 0 Å². The second kappa shape index (κ2) is 3.69. The van der Waals surface area contributed by atoms with E-state index in [1.807, 2.05) is 6.92 Å². The van der Waals surface area contributed by atoms with Crippen LogP contribution >= 0.6 is 0 Å². The smallest absolute Gasteiger partial charge is 0.210 e. The number of aliphatic hydroxyl groups is 1. The molecular weight excluding hydrogens is 146 g/mol. The summed E-state index contributed by atoms with van der Waals surface area (Å²) in [6.45, 7) is 2.90. The van der Waals surface area contributed by atoms with Crippen LogP contribution in [0.2, 0.25) is 0 Å². The Kier molecular flexibility index (Phi) is 2.84. The fourth-order valence-corrected chi connectivity index (χ4v) is 1.16. The van der Waals surface area contributed by atoms with E-state index in [0.717, 1.165) is 6.41 Å². The molecule has 1 saturated heterocycles. The van der Waals surface area contributed by atoms with Crippen LogP contribution in [-0.2, 0) is 9.53 Å². The number of rotatable bonds is 2. The van der Waals surface area contributed by atoms with Crippen LogP contribution in [0.15, 0.2) is 0 Å². The molecule has 0 bridgehead atoms. The molecule has 0 radical (unpaired) electrons. The van der Waals surface area contributed by atoms with Crippen molar-refractivity contribution in [2.24, 2.45) is 0 Å². The van der Waals surface area contributed by atoms with Crippen LogP contribution in [0.1, 0.15) is 6.92 Å². The molecule has 0 aromatic carbocycles. The van der Waals surface area contributed by atoms with Crippen LogP contribution in [0.4, 0.5) is 0 Å². The molecule has 0 spiro atoms. The number of carbonyl (C=O) groups is 1. The minimum absolute atomic E-state index is 0.0224. The van der Waals surface area contributed by atoms with Gasteiger partial charge in [0.05, 0.1) is 25.4 Å². The van der Waals surface area contributed by atoms with E-state index in [9.17, 15) is 4.79 Å². The molecule has 1 aliphatic rings. The highest BCUT2D eigenvalue weighted by Crippen LogP contribution is 2.08. The molecule has 0 aliphatic carbocycles. The van der Waals surface area contributed by atoms with E-state index in [1.165, 1.54) is 0 Å². The van der Waals surface area contributed by atoms with Gasteiger partial charge in [0.2, 0.25) is 6.41 Å². The van der Waals surface area contributed by atoms with Crippen molar-refractivity contribution in [2.45, 2.75) is 19.1 Å². The van der Waals surface area contributed by atoms with Crippen molar-refractivity contribution in [2.75, 3.05) is 19.8 Å². The van der Waals surface area contributed by atoms with Gasteiger partial charge in [0.1, 0.15) is 0 Å². The summed E-state index contributed by atoms with van der Waals surface area (Å²) < 4.78 is 5.25. The Bertz CT molecular complexity index is 140. The predicted molar refractivity (Wildman–Crippen MR) is 39.1 cm³/mol. The van der Waals surface area contributed by atoms with E-state index in [4.69, 9.17) is 9.84 Å². The van der Waals surface area contributed by atoms with Crippen molar-refractivity contribution in [1.29, 1.82) is 0 Å². The Morgan fingerprint density at radius 1 is 1.82 bits per heavy atom. The van der Waals surface area contributed by atoms with Crippen molar-refractivity contribution in [3.8, 4) is 0 Å². The minimum Gasteiger partial charge on any atom is -0.394 e. The Morgan fingerprint density at radius 2 is 2.55 bits per heavy atom. The van der Waals surface area contributed by atoms with Gasteiger partial charge in [-0.3, -0.25) is 4.79 Å². The first-order chi connectivity index (χ1) is 5.27. The fraction of sp³-hybridized carbons (Fsp3) is 0.857. The quantitative estimate of drug-likeness (QED) is 0.538. The zero-order valence-electron chi connectivity index (χ0n) is 6.56. The first-order valence-corrected chi connectivity index (χ1v) is 3.71. The standard InChI is InChI=1S/C7H13NO3/c1-6-2-8(5-10)7(3-9)4-11-6/h5-7,9H,2-4H2,1H3. The second-order valence-corrected chi connectivity index (χ2v) is 2.78. The van der Waals surface area contributed by atoms with Gasteiger partial charge >= 0.3 is 0 Å². The van der Waals surface area contributed by atoms with Crippen LogP contribution in [0, 0.1) is 0 Å². The third-order valence-corrected chi connectivity index (χ3v) is 1.86. The van der Waals surface area contributed by atoms with Crippen LogP contribution < -0.4 is 0 Å². The number of carbonyl (C=O) groups excluding carboxylic acids is 1. The molecular formula is C7H13NO3. The average Bonchev–Trinajstić information content (AvgIpc) is 2.04. The first kappa shape index (κ1) is 8.49. The van der Waals surface area contributed by atoms with Gasteiger partial charge in [-0.05, 0) is 6.92 Å². The first-order valence-electron chi connectivity index (χ1n) is 3.71. The molecule has 0 saturated carbocycles. The van der Waals surface area contributed by atoms with E-state index >= 15 is 0 Å². The van der Waals surface area contributed by atoms with E-state index in [0.29, 0.717) is 13.2 Å². The van der Waals surface area contributed by atoms with Crippen molar-refractivity contribution in [1.82, 2.24) is 4.90 Å². The van der Waals surface area contributed by atoms with E-state index in [2.05, 4.69) is 0 Å². The molecule has 1 N–H and O–H groups in total. The molecule has 1 aliphatic heterocycles. The Morgan fingerprint density at radius 3 is 3.09 bits per heavy atom. The molecule has 1 amide bonds. The molecule has 4 heteroatoms. The van der Waals surface area contributed by atoms with Gasteiger partial charge in [-0.25, -0.2) is 0 Å². The number of hydrogen-bond acceptors (Lipinski definition) is 3. The zero-order valence-corrected chi connectivity index (χ0v) is 6.56. The lowest BCUT2D eigenvalue weighted by Gasteiger charge is -2.34. The summed E-state index contributed by atoms with van der Waals surface area (Å²) in [5.41, 5.74) is 0. The molecule has 1 fully saturated rings. The molecule has 1 rings (SSSR count). The molecule has 11 heavy (non-hydrogen) atoms. The van der Waals surface area contributed by atoms with Crippen LogP contribution in [0.25, 0.3) is 0 Å². The molecule has 4 nitrogen and oxygen atoms in total. The maximum absolute atomic E-state index is 10.4. The Hall–Kier alpha value is -0.610. The monoisotopic (exact) mass is 159 g/mol. The predicted octanol–water partition coefficient (Wildman–Crippen LogP) is -0.776. The highest BCUT2D eigenvalue weighted by atomic mass is 16.5. The molecule has 64 valence electrons. The number of ether oxygens (including phenoxy) is 1. The van der Waals surface area contributed by atoms with Crippen LogP contribution in [0.5, 0.6) is 0 Å². The molecule has 0 aromatic rings. The Labute approximate surface area is 65.8 Å². The average molecular weight is 159 g/mol. The largest absolute Gasteiger partial charge is 0.394 e. The van der Waals surface area contributed by atoms with Crippen molar-refractivity contribution in [3.63, 3.8) is 0 Å². The lowest BCUT2D eigenvalue weighted by atomic mass is 10.2. The van der Waals surface area contributed by atoms with Crippen LogP contribution in [-0.4, -0.2) is 48.3 Å². The Balaban J connectivity index is 2.47. The summed E-state index contributed by atoms with van der Waals surface area (Å²) in [6, 6.07) is -0.149. The summed E-state index contributed by atoms with van der Waals surface area (Å²) in [6.07, 6.45) is 0.850. The molecule has 1 heterocycles. The van der Waals surface area contributed by atoms with Gasteiger partial charge in [0.25, 0.3) is 0 Å². The SMILES string of the molecule is CC1CN(C=O)C(CO)CO1. The van der Waals surface area contributed by atoms with Crippen molar-refractivity contribution >= 4 is 6.41 Å². The fourth-order valence-electron chi connectivity index (χ4n) is 1.16. The number of hydrogen-bond donors (Lipinski definition) is 1. The maximum Gasteiger partial charge on any atom is 0.210 e. The topological polar surface area (TPSA) is 49.8 Å². The number of morpholine rings is 1. The van der Waals surface area contributed by atoms with E-state index in [1.54, 1.807) is 4.90 Å². The van der Waals surface area contributed by atoms with Gasteiger partial charge in [-0.2, -0.15) is 0 Å². The minimum atomic E-state index is -0.149. The molecule has 0 aromatic heterocycles. The van der Waals surface area contributed by atoms with Crippen molar-refractivity contribution < 1.29 is 14.6 Å². The lowest BCUT2D eigenvalue weighted by molar-refractivity contribution is -0.133. The molecule has 2 atom stereocenters. The van der Waals surface area contributed by atoms with E-state index < -0.39 is 0 Å². The summed E-state index contributed by atoms with van der Waals surface area (Å²) >= 11 is 0. The van der Waals surface area contributed by atoms with Crippen molar-refractivity contribution in [3.05, 3.63) is 0 Å². The third kappa shape index (κ3) is 1.91. The number of aliphatic hydroxyl groups excluding tert-OH is 1. The maximum atomic E-state index is 10.4. The third-order valence-electron chi connectivity index (χ3n) is 1.86. The zero-order chi connectivity index (χ0) is 8.27. The van der Waals surface area contributed by atoms with E-state index in [-0.39, 0.29) is 18.8 Å².